The number of rotatable bonds is 16. The first-order valence-electron chi connectivity index (χ1n) is 9.20. The smallest absolute Gasteiger partial charge is 0.0514 e. The third-order valence-corrected chi connectivity index (χ3v) is 6.47. The topological polar surface area (TPSA) is 20.2 Å². The molecule has 5 heteroatoms. The molecule has 23 heavy (non-hydrogen) atoms. The summed E-state index contributed by atoms with van der Waals surface area (Å²) in [4.78, 5) is 0. The summed E-state index contributed by atoms with van der Waals surface area (Å²) in [5, 5.41) is 8.46. The molecular formula is C18H34Cl4O. The minimum Gasteiger partial charge on any atom is -0.396 e. The minimum absolute atomic E-state index is 0.0140. The molecule has 0 radical (unpaired) electrons. The minimum atomic E-state index is -0.110. The Kier molecular flexibility index (Phi) is 17.4. The number of hydrogen-bond acceptors (Lipinski definition) is 1. The van der Waals surface area contributed by atoms with Crippen LogP contribution in [0.3, 0.4) is 0 Å². The summed E-state index contributed by atoms with van der Waals surface area (Å²) in [6, 6.07) is 0. The van der Waals surface area contributed by atoms with E-state index in [2.05, 4.69) is 6.92 Å². The fraction of sp³-hybridized carbons (Fsp3) is 1.00. The van der Waals surface area contributed by atoms with E-state index in [9.17, 15) is 0 Å². The number of hydrogen-bond donors (Lipinski definition) is 1. The molecule has 0 fully saturated rings. The standard InChI is InChI=1S/C18H34Cl4O/c1-2-3-8-11-15(19)17(21)14-18(22)16(20)12-9-6-4-5-7-10-13-23/h15-18,23H,2-14H2,1H3. The molecule has 4 atom stereocenters. The number of alkyl halides is 4. The second-order valence-corrected chi connectivity index (χ2v) is 8.67. The Morgan fingerprint density at radius 3 is 1.52 bits per heavy atom. The van der Waals surface area contributed by atoms with Crippen molar-refractivity contribution in [3.8, 4) is 0 Å². The monoisotopic (exact) mass is 406 g/mol. The van der Waals surface area contributed by atoms with Gasteiger partial charge >= 0.3 is 0 Å². The van der Waals surface area contributed by atoms with Crippen molar-refractivity contribution in [2.75, 3.05) is 6.61 Å². The Morgan fingerprint density at radius 1 is 0.609 bits per heavy atom. The zero-order valence-corrected chi connectivity index (χ0v) is 17.5. The van der Waals surface area contributed by atoms with Crippen LogP contribution in [0.1, 0.15) is 84.0 Å². The Labute approximate surface area is 163 Å². The lowest BCUT2D eigenvalue weighted by Gasteiger charge is -2.22. The average Bonchev–Trinajstić information content (AvgIpc) is 2.53. The van der Waals surface area contributed by atoms with E-state index in [1.807, 2.05) is 0 Å². The van der Waals surface area contributed by atoms with Gasteiger partial charge in [0.05, 0.1) is 10.8 Å². The normalized spacial score (nSPS) is 17.0. The summed E-state index contributed by atoms with van der Waals surface area (Å²) < 4.78 is 0. The molecule has 0 aliphatic carbocycles. The number of halogens is 4. The molecule has 0 bridgehead atoms. The zero-order valence-electron chi connectivity index (χ0n) is 14.5. The molecule has 0 saturated carbocycles. The van der Waals surface area contributed by atoms with Crippen molar-refractivity contribution in [3.05, 3.63) is 0 Å². The third-order valence-electron chi connectivity index (χ3n) is 4.21. The van der Waals surface area contributed by atoms with E-state index < -0.39 is 0 Å². The predicted octanol–water partition coefficient (Wildman–Crippen LogP) is 7.11. The van der Waals surface area contributed by atoms with Gasteiger partial charge in [-0.3, -0.25) is 0 Å². The van der Waals surface area contributed by atoms with Crippen LogP contribution >= 0.6 is 46.4 Å². The molecule has 0 aromatic carbocycles. The lowest BCUT2D eigenvalue weighted by molar-refractivity contribution is 0.282. The maximum atomic E-state index is 8.72. The van der Waals surface area contributed by atoms with Crippen LogP contribution in [0.25, 0.3) is 0 Å². The zero-order chi connectivity index (χ0) is 17.5. The highest BCUT2D eigenvalue weighted by molar-refractivity contribution is 6.32. The maximum Gasteiger partial charge on any atom is 0.0514 e. The largest absolute Gasteiger partial charge is 0.396 e. The van der Waals surface area contributed by atoms with Gasteiger partial charge in [0.25, 0.3) is 0 Å². The number of unbranched alkanes of at least 4 members (excludes halogenated alkanes) is 7. The van der Waals surface area contributed by atoms with Crippen LogP contribution in [0.5, 0.6) is 0 Å². The molecule has 0 amide bonds. The summed E-state index contributed by atoms with van der Waals surface area (Å²) in [6.45, 7) is 2.48. The van der Waals surface area contributed by atoms with Crippen molar-refractivity contribution in [2.24, 2.45) is 0 Å². The molecule has 0 aromatic heterocycles. The van der Waals surface area contributed by atoms with Gasteiger partial charge in [0, 0.05) is 17.4 Å². The summed E-state index contributed by atoms with van der Waals surface area (Å²) >= 11 is 25.6. The van der Waals surface area contributed by atoms with Gasteiger partial charge in [-0.05, 0) is 25.7 Å². The average molecular weight is 408 g/mol. The van der Waals surface area contributed by atoms with Gasteiger partial charge in [0.15, 0.2) is 0 Å². The van der Waals surface area contributed by atoms with E-state index in [1.54, 1.807) is 0 Å². The van der Waals surface area contributed by atoms with Crippen LogP contribution in [0.15, 0.2) is 0 Å². The van der Waals surface area contributed by atoms with Crippen molar-refractivity contribution >= 4 is 46.4 Å². The molecule has 0 heterocycles. The van der Waals surface area contributed by atoms with Gasteiger partial charge in [0.2, 0.25) is 0 Å². The highest BCUT2D eigenvalue weighted by atomic mass is 35.5. The van der Waals surface area contributed by atoms with Gasteiger partial charge in [0.1, 0.15) is 0 Å². The Morgan fingerprint density at radius 2 is 1.04 bits per heavy atom. The van der Waals surface area contributed by atoms with Crippen LogP contribution in [0.4, 0.5) is 0 Å². The van der Waals surface area contributed by atoms with Crippen LogP contribution in [-0.4, -0.2) is 33.2 Å². The molecule has 140 valence electrons. The van der Waals surface area contributed by atoms with Crippen molar-refractivity contribution in [1.82, 2.24) is 0 Å². The summed E-state index contributed by atoms with van der Waals surface area (Å²) in [5.74, 6) is 0. The maximum absolute atomic E-state index is 8.72. The van der Waals surface area contributed by atoms with Crippen LogP contribution in [-0.2, 0) is 0 Å². The number of aliphatic hydroxyl groups excluding tert-OH is 1. The fourth-order valence-corrected chi connectivity index (χ4v) is 3.86. The summed E-state index contributed by atoms with van der Waals surface area (Å²) in [6.07, 6.45) is 12.8. The second kappa shape index (κ2) is 16.6. The SMILES string of the molecule is CCCCCC(Cl)C(Cl)CC(Cl)C(Cl)CCCCCCCCO. The van der Waals surface area contributed by atoms with E-state index >= 15 is 0 Å². The van der Waals surface area contributed by atoms with E-state index in [0.29, 0.717) is 13.0 Å². The molecule has 1 nitrogen and oxygen atoms in total. The number of aliphatic hydroxyl groups is 1. The molecule has 4 unspecified atom stereocenters. The van der Waals surface area contributed by atoms with E-state index in [0.717, 1.165) is 38.5 Å². The highest BCUT2D eigenvalue weighted by Crippen LogP contribution is 2.27. The van der Waals surface area contributed by atoms with Gasteiger partial charge < -0.3 is 5.11 Å². The van der Waals surface area contributed by atoms with Gasteiger partial charge in [-0.15, -0.1) is 46.4 Å². The Balaban J connectivity index is 3.72. The van der Waals surface area contributed by atoms with Crippen LogP contribution in [0, 0.1) is 0 Å². The van der Waals surface area contributed by atoms with Crippen molar-refractivity contribution in [1.29, 1.82) is 0 Å². The molecule has 0 rings (SSSR count). The molecule has 0 aliphatic heterocycles. The molecule has 0 aromatic rings. The molecular weight excluding hydrogens is 374 g/mol. The van der Waals surface area contributed by atoms with E-state index in [-0.39, 0.29) is 21.5 Å². The van der Waals surface area contributed by atoms with Gasteiger partial charge in [-0.25, -0.2) is 0 Å². The lowest BCUT2D eigenvalue weighted by atomic mass is 10.0. The first-order chi connectivity index (χ1) is 11.0. The van der Waals surface area contributed by atoms with Crippen LogP contribution in [0.2, 0.25) is 0 Å². The first-order valence-corrected chi connectivity index (χ1v) is 10.9. The first kappa shape index (κ1) is 24.1. The predicted molar refractivity (Wildman–Crippen MR) is 107 cm³/mol. The summed E-state index contributed by atoms with van der Waals surface area (Å²) in [5.41, 5.74) is 0. The summed E-state index contributed by atoms with van der Waals surface area (Å²) in [7, 11) is 0. The molecule has 0 saturated heterocycles. The molecule has 1 N–H and O–H groups in total. The Bertz CT molecular complexity index is 253. The van der Waals surface area contributed by atoms with Crippen molar-refractivity contribution < 1.29 is 5.11 Å². The van der Waals surface area contributed by atoms with Gasteiger partial charge in [-0.1, -0.05) is 58.3 Å². The lowest BCUT2D eigenvalue weighted by Crippen LogP contribution is -2.24. The molecule has 0 aliphatic rings. The van der Waals surface area contributed by atoms with E-state index in [1.165, 1.54) is 32.1 Å². The van der Waals surface area contributed by atoms with Crippen molar-refractivity contribution in [2.45, 2.75) is 105 Å². The Hall–Kier alpha value is 1.12. The quantitative estimate of drug-likeness (QED) is 0.213. The highest BCUT2D eigenvalue weighted by Gasteiger charge is 2.24. The van der Waals surface area contributed by atoms with Crippen molar-refractivity contribution in [3.63, 3.8) is 0 Å². The fourth-order valence-electron chi connectivity index (χ4n) is 2.62. The van der Waals surface area contributed by atoms with E-state index in [4.69, 9.17) is 51.5 Å². The second-order valence-electron chi connectivity index (χ2n) is 6.43. The third kappa shape index (κ3) is 14.0. The van der Waals surface area contributed by atoms with Gasteiger partial charge in [-0.2, -0.15) is 0 Å². The van der Waals surface area contributed by atoms with Crippen LogP contribution < -0.4 is 0 Å². The molecule has 0 spiro atoms.